The van der Waals surface area contributed by atoms with Crippen LogP contribution in [0.1, 0.15) is 0 Å². The van der Waals surface area contributed by atoms with E-state index in [2.05, 4.69) is 113 Å². The van der Waals surface area contributed by atoms with E-state index in [0.717, 1.165) is 0 Å². The van der Waals surface area contributed by atoms with Gasteiger partial charge in [-0.3, -0.25) is 0 Å². The van der Waals surface area contributed by atoms with Gasteiger partial charge in [0.15, 0.2) is 0 Å². The van der Waals surface area contributed by atoms with Crippen LogP contribution in [0.5, 0.6) is 0 Å². The summed E-state index contributed by atoms with van der Waals surface area (Å²) in [6, 6.07) is 37.9. The Bertz CT molecular complexity index is 2280. The molecule has 156 valence electrons. The van der Waals surface area contributed by atoms with Crippen molar-refractivity contribution in [3.05, 3.63) is 103 Å². The molecule has 1 N–H and O–H groups in total. The molecule has 0 bridgehead atoms. The van der Waals surface area contributed by atoms with Crippen molar-refractivity contribution >= 4 is 81.4 Å². The van der Waals surface area contributed by atoms with Gasteiger partial charge < -0.3 is 9.38 Å². The summed E-state index contributed by atoms with van der Waals surface area (Å²) in [7, 11) is 0. The average molecular weight is 431 g/mol. The van der Waals surface area contributed by atoms with Crippen LogP contribution in [0, 0.1) is 0 Å². The van der Waals surface area contributed by atoms with E-state index in [1.807, 2.05) is 0 Å². The van der Waals surface area contributed by atoms with Gasteiger partial charge in [-0.25, -0.2) is 0 Å². The van der Waals surface area contributed by atoms with Crippen molar-refractivity contribution in [2.45, 2.75) is 0 Å². The molecule has 2 heteroatoms. The van der Waals surface area contributed by atoms with E-state index in [1.54, 1.807) is 0 Å². The number of H-pyrrole nitrogens is 1. The van der Waals surface area contributed by atoms with Gasteiger partial charge >= 0.3 is 0 Å². The molecule has 9 aromatic rings. The molecule has 0 atom stereocenters. The second-order valence-electron chi connectivity index (χ2n) is 9.44. The van der Waals surface area contributed by atoms with Crippen LogP contribution in [0.15, 0.2) is 103 Å². The first kappa shape index (κ1) is 17.0. The second kappa shape index (κ2) is 5.67. The Morgan fingerprint density at radius 2 is 1.03 bits per heavy atom. The summed E-state index contributed by atoms with van der Waals surface area (Å²) < 4.78 is 2.51. The number of fused-ring (bicyclic) bond motifs is 9. The Hall–Kier alpha value is -4.56. The summed E-state index contributed by atoms with van der Waals surface area (Å²) in [5.74, 6) is 0. The predicted octanol–water partition coefficient (Wildman–Crippen LogP) is 8.78. The van der Waals surface area contributed by atoms with Crippen LogP contribution in [0.25, 0.3) is 81.4 Å². The van der Waals surface area contributed by atoms with E-state index in [4.69, 9.17) is 0 Å². The molecule has 0 unspecified atom stereocenters. The minimum Gasteiger partial charge on any atom is -0.353 e. The van der Waals surface area contributed by atoms with Gasteiger partial charge in [-0.15, -0.1) is 0 Å². The molecule has 0 radical (unpaired) electrons. The van der Waals surface area contributed by atoms with E-state index in [1.165, 1.54) is 81.4 Å². The van der Waals surface area contributed by atoms with E-state index >= 15 is 0 Å². The maximum atomic E-state index is 3.90. The van der Waals surface area contributed by atoms with Gasteiger partial charge in [-0.05, 0) is 34.4 Å². The molecule has 0 spiro atoms. The molecule has 6 aromatic carbocycles. The number of rotatable bonds is 0. The number of benzene rings is 6. The molecule has 0 saturated carbocycles. The summed E-state index contributed by atoms with van der Waals surface area (Å²) in [4.78, 5) is 3.90. The van der Waals surface area contributed by atoms with Crippen molar-refractivity contribution in [1.82, 2.24) is 9.38 Å². The van der Waals surface area contributed by atoms with Crippen LogP contribution in [-0.2, 0) is 0 Å². The third-order valence-corrected chi connectivity index (χ3v) is 7.80. The minimum absolute atomic E-state index is 1.22. The summed E-state index contributed by atoms with van der Waals surface area (Å²) in [5.41, 5.74) is 6.26. The number of aromatic nitrogens is 2. The topological polar surface area (TPSA) is 20.2 Å². The van der Waals surface area contributed by atoms with Crippen LogP contribution in [0.4, 0.5) is 0 Å². The highest BCUT2D eigenvalue weighted by molar-refractivity contribution is 6.37. The van der Waals surface area contributed by atoms with Gasteiger partial charge in [-0.1, -0.05) is 84.9 Å². The molecule has 34 heavy (non-hydrogen) atoms. The first-order valence-electron chi connectivity index (χ1n) is 11.8. The number of nitrogens with zero attached hydrogens (tertiary/aromatic N) is 1. The van der Waals surface area contributed by atoms with Gasteiger partial charge in [0.2, 0.25) is 0 Å². The van der Waals surface area contributed by atoms with E-state index in [-0.39, 0.29) is 0 Å². The first-order chi connectivity index (χ1) is 16.9. The van der Waals surface area contributed by atoms with Crippen molar-refractivity contribution in [2.75, 3.05) is 0 Å². The third-order valence-electron chi connectivity index (χ3n) is 7.80. The molecule has 2 nitrogen and oxygen atoms in total. The van der Waals surface area contributed by atoms with Gasteiger partial charge in [0.1, 0.15) is 0 Å². The van der Waals surface area contributed by atoms with E-state index < -0.39 is 0 Å². The van der Waals surface area contributed by atoms with E-state index in [9.17, 15) is 0 Å². The maximum Gasteiger partial charge on any atom is 0.0619 e. The Balaban J connectivity index is 1.80. The SMILES string of the molecule is c1ccc2c(c1)cc1c3cccc4c5ccccc5n(c5cc6ccccc6c6[nH]c2c1c65)c34. The van der Waals surface area contributed by atoms with Crippen LogP contribution >= 0.6 is 0 Å². The van der Waals surface area contributed by atoms with Crippen molar-refractivity contribution in [1.29, 1.82) is 0 Å². The van der Waals surface area contributed by atoms with Crippen LogP contribution in [0.2, 0.25) is 0 Å². The van der Waals surface area contributed by atoms with Crippen molar-refractivity contribution in [3.63, 3.8) is 0 Å². The fourth-order valence-electron chi connectivity index (χ4n) is 6.45. The normalized spacial score (nSPS) is 12.7. The van der Waals surface area contributed by atoms with Crippen LogP contribution in [0.3, 0.4) is 0 Å². The van der Waals surface area contributed by atoms with Crippen molar-refractivity contribution in [2.24, 2.45) is 0 Å². The smallest absolute Gasteiger partial charge is 0.0619 e. The molecule has 0 aliphatic rings. The molecule has 0 fully saturated rings. The van der Waals surface area contributed by atoms with E-state index in [0.29, 0.717) is 0 Å². The van der Waals surface area contributed by atoms with Gasteiger partial charge in [0, 0.05) is 37.7 Å². The van der Waals surface area contributed by atoms with Crippen molar-refractivity contribution in [3.8, 4) is 0 Å². The average Bonchev–Trinajstić information content (AvgIpc) is 3.42. The Kier molecular flexibility index (Phi) is 2.83. The molecule has 3 aromatic heterocycles. The number of para-hydroxylation sites is 2. The molecule has 0 aliphatic heterocycles. The number of hydrogen-bond acceptors (Lipinski definition) is 0. The highest BCUT2D eigenvalue weighted by Crippen LogP contribution is 2.45. The minimum atomic E-state index is 1.22. The Morgan fingerprint density at radius 3 is 1.82 bits per heavy atom. The van der Waals surface area contributed by atoms with Gasteiger partial charge in [0.25, 0.3) is 0 Å². The quantitative estimate of drug-likeness (QED) is 0.248. The zero-order valence-electron chi connectivity index (χ0n) is 18.3. The second-order valence-corrected chi connectivity index (χ2v) is 9.44. The Morgan fingerprint density at radius 1 is 0.441 bits per heavy atom. The molecular formula is C32H18N2. The zero-order chi connectivity index (χ0) is 22.0. The van der Waals surface area contributed by atoms with Gasteiger partial charge in [-0.2, -0.15) is 0 Å². The fraction of sp³-hybridized carbons (Fsp3) is 0. The molecule has 9 rings (SSSR count). The lowest BCUT2D eigenvalue weighted by Gasteiger charge is -2.05. The lowest BCUT2D eigenvalue weighted by atomic mass is 9.98. The van der Waals surface area contributed by atoms with Crippen LogP contribution in [-0.4, -0.2) is 9.38 Å². The molecular weight excluding hydrogens is 412 g/mol. The largest absolute Gasteiger partial charge is 0.353 e. The maximum absolute atomic E-state index is 3.90. The monoisotopic (exact) mass is 430 g/mol. The third kappa shape index (κ3) is 1.83. The molecule has 0 amide bonds. The lowest BCUT2D eigenvalue weighted by molar-refractivity contribution is 1.36. The Labute approximate surface area is 194 Å². The highest BCUT2D eigenvalue weighted by atomic mass is 14.9. The standard InChI is InChI=1S/C32H18N2/c1-3-10-20-18(8-1)16-25-24-14-7-13-23-22-12-5-6-15-26(22)34(32(23)24)27-17-19-9-2-4-11-21(19)31-29(27)28(25)30(20)33-31/h1-17,33H. The summed E-state index contributed by atoms with van der Waals surface area (Å²) in [6.45, 7) is 0. The fourth-order valence-corrected chi connectivity index (χ4v) is 6.45. The van der Waals surface area contributed by atoms with Crippen LogP contribution < -0.4 is 0 Å². The zero-order valence-corrected chi connectivity index (χ0v) is 18.3. The summed E-state index contributed by atoms with van der Waals surface area (Å²) in [6.07, 6.45) is 0. The number of hydrogen-bond donors (Lipinski definition) is 1. The van der Waals surface area contributed by atoms with Crippen molar-refractivity contribution < 1.29 is 0 Å². The number of nitrogens with one attached hydrogen (secondary N) is 1. The summed E-state index contributed by atoms with van der Waals surface area (Å²) >= 11 is 0. The summed E-state index contributed by atoms with van der Waals surface area (Å²) in [5, 5.41) is 12.9. The lowest BCUT2D eigenvalue weighted by Crippen LogP contribution is -1.86. The number of aromatic amines is 1. The highest BCUT2D eigenvalue weighted by Gasteiger charge is 2.21. The molecule has 0 aliphatic carbocycles. The molecule has 0 saturated heterocycles. The molecule has 3 heterocycles. The first-order valence-corrected chi connectivity index (χ1v) is 11.8. The van der Waals surface area contributed by atoms with Gasteiger partial charge in [0.05, 0.1) is 27.6 Å². The predicted molar refractivity (Wildman–Crippen MR) is 145 cm³/mol.